The van der Waals surface area contributed by atoms with Gasteiger partial charge >= 0.3 is 0 Å². The molecule has 3 nitrogen and oxygen atoms in total. The molecule has 0 fully saturated rings. The molecule has 0 radical (unpaired) electrons. The van der Waals surface area contributed by atoms with Gasteiger partial charge in [0, 0.05) is 13.1 Å². The molecule has 0 saturated carbocycles. The zero-order chi connectivity index (χ0) is 16.8. The molecule has 0 bridgehead atoms. The standard InChI is InChI=1S/C19H35N3/c1-6-10-18(7-2)14-21-15-19(8-3)12-9-11-16(4)13-22-17(5)20/h6-7,15-16,18,21-22H,1-2,5,8-14,20H2,3-4H3/b19-15+. The van der Waals surface area contributed by atoms with Crippen LogP contribution in [-0.4, -0.2) is 13.1 Å². The van der Waals surface area contributed by atoms with E-state index in [4.69, 9.17) is 5.73 Å². The van der Waals surface area contributed by atoms with Crippen molar-refractivity contribution in [2.45, 2.75) is 46.0 Å². The lowest BCUT2D eigenvalue weighted by Gasteiger charge is -2.14. The Balaban J connectivity index is 3.99. The molecule has 0 amide bonds. The Morgan fingerprint density at radius 1 is 1.27 bits per heavy atom. The van der Waals surface area contributed by atoms with Crippen LogP contribution in [0.1, 0.15) is 46.0 Å². The molecule has 0 spiro atoms. The molecular formula is C19H35N3. The van der Waals surface area contributed by atoms with Crippen molar-refractivity contribution in [3.8, 4) is 0 Å². The second kappa shape index (κ2) is 13.1. The summed E-state index contributed by atoms with van der Waals surface area (Å²) >= 11 is 0. The molecule has 2 unspecified atom stereocenters. The largest absolute Gasteiger partial charge is 0.390 e. The van der Waals surface area contributed by atoms with Crippen LogP contribution in [0.4, 0.5) is 0 Å². The monoisotopic (exact) mass is 305 g/mol. The highest BCUT2D eigenvalue weighted by Crippen LogP contribution is 2.14. The quantitative estimate of drug-likeness (QED) is 0.424. The number of allylic oxidation sites excluding steroid dienone is 2. The summed E-state index contributed by atoms with van der Waals surface area (Å²) in [4.78, 5) is 0. The van der Waals surface area contributed by atoms with Gasteiger partial charge in [-0.25, -0.2) is 0 Å². The van der Waals surface area contributed by atoms with E-state index in [1.165, 1.54) is 18.4 Å². The third-order valence-corrected chi connectivity index (χ3v) is 3.82. The third-order valence-electron chi connectivity index (χ3n) is 3.82. The first-order chi connectivity index (χ1) is 10.5. The van der Waals surface area contributed by atoms with E-state index in [2.05, 4.69) is 50.4 Å². The normalized spacial score (nSPS) is 14.0. The highest BCUT2D eigenvalue weighted by Gasteiger charge is 2.04. The van der Waals surface area contributed by atoms with Crippen LogP contribution in [0.3, 0.4) is 0 Å². The van der Waals surface area contributed by atoms with Crippen LogP contribution in [0.15, 0.2) is 49.5 Å². The fraction of sp³-hybridized carbons (Fsp3) is 0.579. The first kappa shape index (κ1) is 20.4. The molecule has 0 aliphatic heterocycles. The summed E-state index contributed by atoms with van der Waals surface area (Å²) in [5.74, 6) is 1.63. The van der Waals surface area contributed by atoms with E-state index in [0.29, 0.717) is 17.7 Å². The van der Waals surface area contributed by atoms with E-state index in [0.717, 1.165) is 32.4 Å². The van der Waals surface area contributed by atoms with Gasteiger partial charge in [0.2, 0.25) is 0 Å². The van der Waals surface area contributed by atoms with Crippen LogP contribution in [0.2, 0.25) is 0 Å². The van der Waals surface area contributed by atoms with E-state index in [9.17, 15) is 0 Å². The number of nitrogens with two attached hydrogens (primary N) is 1. The molecule has 4 N–H and O–H groups in total. The summed E-state index contributed by atoms with van der Waals surface area (Å²) in [6.45, 7) is 17.6. The first-order valence-corrected chi connectivity index (χ1v) is 8.36. The highest BCUT2D eigenvalue weighted by molar-refractivity contribution is 5.00. The summed E-state index contributed by atoms with van der Waals surface area (Å²) in [7, 11) is 0. The predicted octanol–water partition coefficient (Wildman–Crippen LogP) is 4.07. The van der Waals surface area contributed by atoms with Gasteiger partial charge in [-0.2, -0.15) is 0 Å². The fourth-order valence-electron chi connectivity index (χ4n) is 2.27. The first-order valence-electron chi connectivity index (χ1n) is 8.36. The lowest BCUT2D eigenvalue weighted by atomic mass is 10.00. The number of hydrogen-bond donors (Lipinski definition) is 3. The minimum Gasteiger partial charge on any atom is -0.390 e. The molecule has 0 rings (SSSR count). The summed E-state index contributed by atoms with van der Waals surface area (Å²) in [6.07, 6.45) is 11.8. The topological polar surface area (TPSA) is 50.1 Å². The van der Waals surface area contributed by atoms with Crippen molar-refractivity contribution in [1.82, 2.24) is 10.6 Å². The summed E-state index contributed by atoms with van der Waals surface area (Å²) < 4.78 is 0. The van der Waals surface area contributed by atoms with Crippen LogP contribution >= 0.6 is 0 Å². The molecule has 0 aliphatic rings. The maximum atomic E-state index is 5.52. The molecular weight excluding hydrogens is 270 g/mol. The van der Waals surface area contributed by atoms with Gasteiger partial charge in [0.1, 0.15) is 0 Å². The Morgan fingerprint density at radius 3 is 2.55 bits per heavy atom. The SMILES string of the molecule is C=CCC(C=C)CN/C=C(\CC)CCCC(C)CNC(=C)N. The second-order valence-corrected chi connectivity index (χ2v) is 5.99. The number of hydrogen-bond acceptors (Lipinski definition) is 3. The number of rotatable bonds is 14. The summed E-state index contributed by atoms with van der Waals surface area (Å²) in [5, 5.41) is 6.53. The Kier molecular flexibility index (Phi) is 12.1. The van der Waals surface area contributed by atoms with E-state index >= 15 is 0 Å². The Bertz CT molecular complexity index is 358. The fourth-order valence-corrected chi connectivity index (χ4v) is 2.27. The second-order valence-electron chi connectivity index (χ2n) is 5.99. The van der Waals surface area contributed by atoms with Gasteiger partial charge in [0.25, 0.3) is 0 Å². The van der Waals surface area contributed by atoms with Crippen molar-refractivity contribution in [3.63, 3.8) is 0 Å². The Morgan fingerprint density at radius 2 is 2.00 bits per heavy atom. The van der Waals surface area contributed by atoms with E-state index in [1.807, 2.05) is 12.2 Å². The van der Waals surface area contributed by atoms with Crippen LogP contribution in [0.5, 0.6) is 0 Å². The van der Waals surface area contributed by atoms with E-state index in [1.54, 1.807) is 0 Å². The van der Waals surface area contributed by atoms with Gasteiger partial charge in [-0.05, 0) is 50.1 Å². The molecule has 0 aromatic carbocycles. The molecule has 0 aliphatic carbocycles. The molecule has 126 valence electrons. The van der Waals surface area contributed by atoms with Crippen LogP contribution in [0, 0.1) is 11.8 Å². The zero-order valence-corrected chi connectivity index (χ0v) is 14.5. The Hall–Kier alpha value is -1.64. The smallest absolute Gasteiger partial charge is 0.0885 e. The Labute approximate surface area is 137 Å². The van der Waals surface area contributed by atoms with Crippen LogP contribution in [-0.2, 0) is 0 Å². The van der Waals surface area contributed by atoms with Crippen LogP contribution in [0.25, 0.3) is 0 Å². The van der Waals surface area contributed by atoms with E-state index < -0.39 is 0 Å². The van der Waals surface area contributed by atoms with Crippen LogP contribution < -0.4 is 16.4 Å². The summed E-state index contributed by atoms with van der Waals surface area (Å²) in [5.41, 5.74) is 6.99. The maximum absolute atomic E-state index is 5.52. The molecule has 22 heavy (non-hydrogen) atoms. The van der Waals surface area contributed by atoms with Gasteiger partial charge in [0.05, 0.1) is 5.82 Å². The van der Waals surface area contributed by atoms with Crippen molar-refractivity contribution in [2.24, 2.45) is 17.6 Å². The average molecular weight is 306 g/mol. The molecule has 3 heteroatoms. The van der Waals surface area contributed by atoms with Gasteiger partial charge in [-0.1, -0.05) is 38.2 Å². The predicted molar refractivity (Wildman–Crippen MR) is 99.2 cm³/mol. The molecule has 0 heterocycles. The van der Waals surface area contributed by atoms with Gasteiger partial charge in [-0.3, -0.25) is 0 Å². The highest BCUT2D eigenvalue weighted by atomic mass is 15.0. The minimum atomic E-state index is 0.460. The maximum Gasteiger partial charge on any atom is 0.0885 e. The summed E-state index contributed by atoms with van der Waals surface area (Å²) in [6, 6.07) is 0. The van der Waals surface area contributed by atoms with Crippen molar-refractivity contribution in [3.05, 3.63) is 49.5 Å². The molecule has 0 aromatic rings. The average Bonchev–Trinajstić information content (AvgIpc) is 2.50. The van der Waals surface area contributed by atoms with Crippen molar-refractivity contribution >= 4 is 0 Å². The zero-order valence-electron chi connectivity index (χ0n) is 14.5. The van der Waals surface area contributed by atoms with Crippen molar-refractivity contribution in [2.75, 3.05) is 13.1 Å². The van der Waals surface area contributed by atoms with Crippen molar-refractivity contribution in [1.29, 1.82) is 0 Å². The van der Waals surface area contributed by atoms with Gasteiger partial charge in [0.15, 0.2) is 0 Å². The molecule has 2 atom stereocenters. The minimum absolute atomic E-state index is 0.460. The molecule has 0 aromatic heterocycles. The number of nitrogens with one attached hydrogen (secondary N) is 2. The van der Waals surface area contributed by atoms with Gasteiger partial charge < -0.3 is 16.4 Å². The van der Waals surface area contributed by atoms with E-state index in [-0.39, 0.29) is 0 Å². The van der Waals surface area contributed by atoms with Gasteiger partial charge in [-0.15, -0.1) is 13.2 Å². The lowest BCUT2D eigenvalue weighted by Crippen LogP contribution is -2.24. The molecule has 0 saturated heterocycles. The third kappa shape index (κ3) is 11.1. The lowest BCUT2D eigenvalue weighted by molar-refractivity contribution is 0.485. The van der Waals surface area contributed by atoms with Crippen molar-refractivity contribution < 1.29 is 0 Å².